The summed E-state index contributed by atoms with van der Waals surface area (Å²) in [7, 11) is 0. The molecule has 4 rings (SSSR count). The lowest BCUT2D eigenvalue weighted by atomic mass is 10.0. The molecule has 2 aromatic carbocycles. The summed E-state index contributed by atoms with van der Waals surface area (Å²) in [5.41, 5.74) is 2.49. The van der Waals surface area contributed by atoms with Gasteiger partial charge in [0.25, 0.3) is 0 Å². The Morgan fingerprint density at radius 2 is 1.81 bits per heavy atom. The number of fused-ring (bicyclic) bond motifs is 1. The Morgan fingerprint density at radius 3 is 2.52 bits per heavy atom. The maximum atomic E-state index is 13.6. The molecule has 2 heterocycles. The van der Waals surface area contributed by atoms with Crippen molar-refractivity contribution in [3.8, 4) is 16.9 Å². The summed E-state index contributed by atoms with van der Waals surface area (Å²) in [6.07, 6.45) is -3.60. The van der Waals surface area contributed by atoms with E-state index in [0.717, 1.165) is 29.0 Å². The summed E-state index contributed by atoms with van der Waals surface area (Å²) in [6.45, 7) is 1.04. The molecule has 0 spiro atoms. The summed E-state index contributed by atoms with van der Waals surface area (Å²) in [5, 5.41) is 4.31. The number of halogens is 5. The van der Waals surface area contributed by atoms with Crippen LogP contribution in [-0.2, 0) is 24.3 Å². The number of hydrogen-bond donors (Lipinski definition) is 0. The van der Waals surface area contributed by atoms with Gasteiger partial charge in [-0.05, 0) is 35.4 Å². The second-order valence-electron chi connectivity index (χ2n) is 7.04. The number of ether oxygens (including phenoxy) is 1. The van der Waals surface area contributed by atoms with Gasteiger partial charge in [0, 0.05) is 12.1 Å². The zero-order chi connectivity index (χ0) is 22.2. The van der Waals surface area contributed by atoms with E-state index in [-0.39, 0.29) is 30.3 Å². The summed E-state index contributed by atoms with van der Waals surface area (Å²) in [5.74, 6) is -2.84. The van der Waals surface area contributed by atoms with Crippen molar-refractivity contribution in [2.24, 2.45) is 0 Å². The van der Waals surface area contributed by atoms with Crippen molar-refractivity contribution >= 4 is 5.91 Å². The van der Waals surface area contributed by atoms with E-state index in [9.17, 15) is 26.7 Å². The number of amides is 1. The van der Waals surface area contributed by atoms with Crippen LogP contribution in [0, 0.1) is 11.6 Å². The second-order valence-corrected chi connectivity index (χ2v) is 7.04. The molecule has 1 aliphatic rings. The van der Waals surface area contributed by atoms with Gasteiger partial charge in [-0.1, -0.05) is 18.2 Å². The van der Waals surface area contributed by atoms with Crippen molar-refractivity contribution in [2.75, 3.05) is 6.54 Å². The smallest absolute Gasteiger partial charge is 0.403 e. The molecule has 0 saturated heterocycles. The Kier molecular flexibility index (Phi) is 5.38. The molecule has 10 heteroatoms. The molecule has 0 saturated carbocycles. The Morgan fingerprint density at radius 1 is 1.06 bits per heavy atom. The lowest BCUT2D eigenvalue weighted by Gasteiger charge is -2.28. The molecule has 1 aromatic heterocycles. The molecular formula is C21H16F5N3O2. The van der Waals surface area contributed by atoms with Gasteiger partial charge in [-0.2, -0.15) is 5.10 Å². The first kappa shape index (κ1) is 20.8. The standard InChI is InChI=1S/C21H16F5N3O2/c22-15-4-2-14(3-5-15)16-11-27-29-8-7-28(12-18(16)29)20(30)10-13-1-6-17(23)19(9-13)31-21(24,25)26/h1-6,9,11H,7-8,10,12H2. The van der Waals surface area contributed by atoms with Gasteiger partial charge < -0.3 is 9.64 Å². The maximum Gasteiger partial charge on any atom is 0.573 e. The number of carbonyl (C=O) groups excluding carboxylic acids is 1. The van der Waals surface area contributed by atoms with Crippen LogP contribution in [0.25, 0.3) is 11.1 Å². The minimum absolute atomic E-state index is 0.198. The Hall–Kier alpha value is -3.43. The Labute approximate surface area is 173 Å². The van der Waals surface area contributed by atoms with E-state index in [0.29, 0.717) is 13.1 Å². The number of rotatable bonds is 4. The summed E-state index contributed by atoms with van der Waals surface area (Å²) >= 11 is 0. The summed E-state index contributed by atoms with van der Waals surface area (Å²) in [4.78, 5) is 14.3. The van der Waals surface area contributed by atoms with Crippen LogP contribution in [0.4, 0.5) is 22.0 Å². The van der Waals surface area contributed by atoms with E-state index in [1.54, 1.807) is 27.9 Å². The molecule has 0 fully saturated rings. The molecule has 0 atom stereocenters. The fraction of sp³-hybridized carbons (Fsp3) is 0.238. The molecule has 31 heavy (non-hydrogen) atoms. The van der Waals surface area contributed by atoms with Crippen LogP contribution in [-0.4, -0.2) is 33.5 Å². The molecule has 162 valence electrons. The van der Waals surface area contributed by atoms with Crippen molar-refractivity contribution in [2.45, 2.75) is 25.9 Å². The largest absolute Gasteiger partial charge is 0.573 e. The minimum Gasteiger partial charge on any atom is -0.403 e. The highest BCUT2D eigenvalue weighted by atomic mass is 19.4. The SMILES string of the molecule is O=C(Cc1ccc(F)c(OC(F)(F)F)c1)N1CCn2ncc(-c3ccc(F)cc3)c2C1. The molecule has 3 aromatic rings. The van der Waals surface area contributed by atoms with Crippen LogP contribution >= 0.6 is 0 Å². The van der Waals surface area contributed by atoms with E-state index in [4.69, 9.17) is 0 Å². The average molecular weight is 437 g/mol. The number of benzene rings is 2. The van der Waals surface area contributed by atoms with E-state index >= 15 is 0 Å². The van der Waals surface area contributed by atoms with Gasteiger partial charge >= 0.3 is 6.36 Å². The molecule has 1 aliphatic heterocycles. The fourth-order valence-electron chi connectivity index (χ4n) is 3.48. The Balaban J connectivity index is 1.50. The predicted molar refractivity (Wildman–Crippen MR) is 99.8 cm³/mol. The number of nitrogens with zero attached hydrogens (tertiary/aromatic N) is 3. The molecule has 1 amide bonds. The van der Waals surface area contributed by atoms with Crippen LogP contribution in [0.15, 0.2) is 48.7 Å². The number of aromatic nitrogens is 2. The van der Waals surface area contributed by atoms with Crippen molar-refractivity contribution in [3.63, 3.8) is 0 Å². The minimum atomic E-state index is -5.04. The van der Waals surface area contributed by atoms with Gasteiger partial charge in [0.1, 0.15) is 5.82 Å². The first-order chi connectivity index (χ1) is 14.7. The monoisotopic (exact) mass is 437 g/mol. The van der Waals surface area contributed by atoms with E-state index < -0.39 is 17.9 Å². The van der Waals surface area contributed by atoms with Gasteiger partial charge in [-0.25, -0.2) is 8.78 Å². The van der Waals surface area contributed by atoms with Crippen LogP contribution < -0.4 is 4.74 Å². The predicted octanol–water partition coefficient (Wildman–Crippen LogP) is 4.31. The highest BCUT2D eigenvalue weighted by Gasteiger charge is 2.32. The lowest BCUT2D eigenvalue weighted by Crippen LogP contribution is -2.39. The van der Waals surface area contributed by atoms with Gasteiger partial charge in [-0.15, -0.1) is 13.2 Å². The number of hydrogen-bond acceptors (Lipinski definition) is 3. The summed E-state index contributed by atoms with van der Waals surface area (Å²) in [6, 6.07) is 8.86. The third kappa shape index (κ3) is 4.68. The van der Waals surface area contributed by atoms with Crippen LogP contribution in [0.5, 0.6) is 5.75 Å². The van der Waals surface area contributed by atoms with E-state index in [1.165, 1.54) is 18.2 Å². The Bertz CT molecular complexity index is 1110. The zero-order valence-electron chi connectivity index (χ0n) is 16.0. The average Bonchev–Trinajstić information content (AvgIpc) is 3.13. The first-order valence-electron chi connectivity index (χ1n) is 9.32. The molecular weight excluding hydrogens is 421 g/mol. The highest BCUT2D eigenvalue weighted by molar-refractivity contribution is 5.79. The number of alkyl halides is 3. The maximum absolute atomic E-state index is 13.6. The van der Waals surface area contributed by atoms with Gasteiger partial charge in [0.15, 0.2) is 11.6 Å². The van der Waals surface area contributed by atoms with Crippen LogP contribution in [0.1, 0.15) is 11.3 Å². The third-order valence-electron chi connectivity index (χ3n) is 4.96. The van der Waals surface area contributed by atoms with Gasteiger partial charge in [0.05, 0.1) is 31.4 Å². The molecule has 5 nitrogen and oxygen atoms in total. The highest BCUT2D eigenvalue weighted by Crippen LogP contribution is 2.29. The van der Waals surface area contributed by atoms with E-state index in [1.807, 2.05) is 0 Å². The van der Waals surface area contributed by atoms with Crippen LogP contribution in [0.2, 0.25) is 0 Å². The topological polar surface area (TPSA) is 47.4 Å². The summed E-state index contributed by atoms with van der Waals surface area (Å²) < 4.78 is 69.5. The quantitative estimate of drug-likeness (QED) is 0.572. The van der Waals surface area contributed by atoms with Crippen molar-refractivity contribution in [3.05, 3.63) is 71.6 Å². The van der Waals surface area contributed by atoms with Crippen molar-refractivity contribution in [1.29, 1.82) is 0 Å². The normalized spacial score (nSPS) is 13.8. The van der Waals surface area contributed by atoms with Crippen molar-refractivity contribution < 1.29 is 31.5 Å². The molecule has 0 unspecified atom stereocenters. The lowest BCUT2D eigenvalue weighted by molar-refractivity contribution is -0.275. The third-order valence-corrected chi connectivity index (χ3v) is 4.96. The van der Waals surface area contributed by atoms with E-state index in [2.05, 4.69) is 9.84 Å². The fourth-order valence-corrected chi connectivity index (χ4v) is 3.48. The number of carbonyl (C=O) groups is 1. The molecule has 0 N–H and O–H groups in total. The van der Waals surface area contributed by atoms with Crippen molar-refractivity contribution in [1.82, 2.24) is 14.7 Å². The molecule has 0 bridgehead atoms. The molecule has 0 aliphatic carbocycles. The first-order valence-corrected chi connectivity index (χ1v) is 9.32. The van der Waals surface area contributed by atoms with Gasteiger partial charge in [0.2, 0.25) is 5.91 Å². The second kappa shape index (κ2) is 8.01. The van der Waals surface area contributed by atoms with Crippen LogP contribution in [0.3, 0.4) is 0 Å². The van der Waals surface area contributed by atoms with Gasteiger partial charge in [-0.3, -0.25) is 9.48 Å². The zero-order valence-corrected chi connectivity index (χ0v) is 16.0. The molecule has 0 radical (unpaired) electrons.